The predicted octanol–water partition coefficient (Wildman–Crippen LogP) is 4.77. The second kappa shape index (κ2) is 8.04. The zero-order chi connectivity index (χ0) is 17.6. The number of hydrogen-bond donors (Lipinski definition) is 2. The minimum Gasteiger partial charge on any atom is -0.392 e. The van der Waals surface area contributed by atoms with E-state index in [4.69, 9.17) is 5.73 Å². The van der Waals surface area contributed by atoms with Crippen molar-refractivity contribution in [3.63, 3.8) is 0 Å². The Morgan fingerprint density at radius 1 is 1.04 bits per heavy atom. The molecule has 0 aliphatic carbocycles. The molecule has 1 unspecified atom stereocenters. The first-order chi connectivity index (χ1) is 12.2. The summed E-state index contributed by atoms with van der Waals surface area (Å²) in [6, 6.07) is 22.9. The normalized spacial score (nSPS) is 13.0. The van der Waals surface area contributed by atoms with Gasteiger partial charge in [-0.15, -0.1) is 11.3 Å². The monoisotopic (exact) mass is 364 g/mol. The lowest BCUT2D eigenvalue weighted by atomic mass is 9.98. The van der Waals surface area contributed by atoms with E-state index in [1.165, 1.54) is 11.8 Å². The maximum atomic E-state index is 10.6. The molecule has 1 aromatic heterocycles. The van der Waals surface area contributed by atoms with Crippen molar-refractivity contribution in [3.05, 3.63) is 93.8 Å². The van der Waals surface area contributed by atoms with Crippen molar-refractivity contribution in [2.75, 3.05) is 0 Å². The number of aliphatic hydroxyl groups is 1. The Labute approximate surface area is 155 Å². The van der Waals surface area contributed by atoms with Gasteiger partial charge in [-0.1, -0.05) is 66.4 Å². The third-order valence-corrected chi connectivity index (χ3v) is 5.63. The van der Waals surface area contributed by atoms with Gasteiger partial charge in [0.15, 0.2) is 0 Å². The van der Waals surface area contributed by atoms with Gasteiger partial charge < -0.3 is 10.8 Å². The number of hydrogen-bond acceptors (Lipinski definition) is 5. The largest absolute Gasteiger partial charge is 0.392 e. The van der Waals surface area contributed by atoms with E-state index in [1.54, 1.807) is 11.3 Å². The van der Waals surface area contributed by atoms with Crippen LogP contribution in [-0.4, -0.2) is 5.11 Å². The van der Waals surface area contributed by atoms with Crippen molar-refractivity contribution in [1.29, 1.82) is 5.26 Å². The van der Waals surface area contributed by atoms with Crippen LogP contribution in [-0.2, 0) is 0 Å². The minimum absolute atomic E-state index is 0.417. The van der Waals surface area contributed by atoms with E-state index >= 15 is 0 Å². The zero-order valence-electron chi connectivity index (χ0n) is 13.3. The topological polar surface area (TPSA) is 70.0 Å². The fourth-order valence-corrected chi connectivity index (χ4v) is 4.14. The van der Waals surface area contributed by atoms with Crippen molar-refractivity contribution >= 4 is 28.7 Å². The molecule has 3 nitrogen and oxygen atoms in total. The highest BCUT2D eigenvalue weighted by molar-refractivity contribution is 8.04. The van der Waals surface area contributed by atoms with E-state index in [9.17, 15) is 10.4 Å². The smallest absolute Gasteiger partial charge is 0.104 e. The summed E-state index contributed by atoms with van der Waals surface area (Å²) in [7, 11) is 0. The van der Waals surface area contributed by atoms with E-state index in [2.05, 4.69) is 6.07 Å². The predicted molar refractivity (Wildman–Crippen MR) is 104 cm³/mol. The maximum Gasteiger partial charge on any atom is 0.104 e. The summed E-state index contributed by atoms with van der Waals surface area (Å²) in [5.41, 5.74) is 8.81. The van der Waals surface area contributed by atoms with Crippen LogP contribution in [0.2, 0.25) is 0 Å². The number of allylic oxidation sites excluding steroid dienone is 1. The molecule has 1 heterocycles. The molecule has 3 rings (SSSR count). The Kier molecular flexibility index (Phi) is 5.56. The van der Waals surface area contributed by atoms with Crippen LogP contribution in [0.1, 0.15) is 22.8 Å². The third kappa shape index (κ3) is 4.12. The van der Waals surface area contributed by atoms with Gasteiger partial charge in [0, 0.05) is 0 Å². The highest BCUT2D eigenvalue weighted by Crippen LogP contribution is 2.33. The van der Waals surface area contributed by atoms with E-state index in [0.717, 1.165) is 15.3 Å². The quantitative estimate of drug-likeness (QED) is 0.505. The van der Waals surface area contributed by atoms with Gasteiger partial charge in [0.2, 0.25) is 0 Å². The van der Waals surface area contributed by atoms with Crippen LogP contribution < -0.4 is 5.73 Å². The van der Waals surface area contributed by atoms with Crippen molar-refractivity contribution < 1.29 is 5.11 Å². The first-order valence-corrected chi connectivity index (χ1v) is 9.33. The molecule has 0 fully saturated rings. The number of rotatable bonds is 5. The molecule has 1 atom stereocenters. The minimum atomic E-state index is -0.743. The Balaban J connectivity index is 1.93. The number of benzene rings is 2. The molecule has 0 saturated carbocycles. The first kappa shape index (κ1) is 17.3. The Morgan fingerprint density at radius 3 is 2.48 bits per heavy atom. The van der Waals surface area contributed by atoms with Gasteiger partial charge in [0.25, 0.3) is 0 Å². The average molecular weight is 364 g/mol. The van der Waals surface area contributed by atoms with Crippen LogP contribution in [0.4, 0.5) is 0 Å². The van der Waals surface area contributed by atoms with Crippen molar-refractivity contribution in [2.24, 2.45) is 5.73 Å². The Bertz CT molecular complexity index is 912. The number of thiophene rings is 1. The molecule has 3 aromatic rings. The van der Waals surface area contributed by atoms with Crippen LogP contribution in [0.25, 0.3) is 5.57 Å². The summed E-state index contributed by atoms with van der Waals surface area (Å²) in [4.78, 5) is 0. The fraction of sp³-hybridized carbons (Fsp3) is 0.0500. The molecule has 25 heavy (non-hydrogen) atoms. The van der Waals surface area contributed by atoms with Crippen molar-refractivity contribution in [2.45, 2.75) is 10.3 Å². The lowest BCUT2D eigenvalue weighted by Gasteiger charge is -2.13. The number of aliphatic hydroxyl groups excluding tert-OH is 1. The lowest BCUT2D eigenvalue weighted by molar-refractivity contribution is 0.220. The standard InChI is InChI=1S/C20H16N2OS2/c21-13-17(20(22)25-18-10-5-11-24-18)15-8-4-9-16(12-15)19(23)14-6-2-1-3-7-14/h1-12,19,23H,22H2/b20-17+. The first-order valence-electron chi connectivity index (χ1n) is 7.63. The summed E-state index contributed by atoms with van der Waals surface area (Å²) in [5.74, 6) is 0. The summed E-state index contributed by atoms with van der Waals surface area (Å²) >= 11 is 2.96. The number of nitrogens with zero attached hydrogens (tertiary/aromatic N) is 1. The number of nitriles is 1. The van der Waals surface area contributed by atoms with E-state index in [0.29, 0.717) is 16.2 Å². The van der Waals surface area contributed by atoms with Crippen molar-refractivity contribution in [3.8, 4) is 6.07 Å². The van der Waals surface area contributed by atoms with Gasteiger partial charge in [0.1, 0.15) is 12.2 Å². The van der Waals surface area contributed by atoms with Crippen molar-refractivity contribution in [1.82, 2.24) is 0 Å². The molecule has 5 heteroatoms. The van der Waals surface area contributed by atoms with Gasteiger partial charge in [-0.25, -0.2) is 0 Å². The molecule has 0 saturated heterocycles. The molecule has 0 aliphatic rings. The molecule has 3 N–H and O–H groups in total. The molecular weight excluding hydrogens is 348 g/mol. The second-order valence-corrected chi connectivity index (χ2v) is 7.61. The maximum absolute atomic E-state index is 10.6. The third-order valence-electron chi connectivity index (χ3n) is 3.67. The van der Waals surface area contributed by atoms with Crippen LogP contribution in [0.3, 0.4) is 0 Å². The molecule has 0 bridgehead atoms. The summed E-state index contributed by atoms with van der Waals surface area (Å²) < 4.78 is 1.03. The summed E-state index contributed by atoms with van der Waals surface area (Å²) in [6.45, 7) is 0. The van der Waals surface area contributed by atoms with E-state index in [1.807, 2.05) is 72.1 Å². The number of thioether (sulfide) groups is 1. The van der Waals surface area contributed by atoms with Crippen LogP contribution in [0.5, 0.6) is 0 Å². The second-order valence-electron chi connectivity index (χ2n) is 5.32. The molecule has 0 spiro atoms. The van der Waals surface area contributed by atoms with E-state index in [-0.39, 0.29) is 0 Å². The fourth-order valence-electron chi connectivity index (χ4n) is 2.43. The molecule has 0 radical (unpaired) electrons. The lowest BCUT2D eigenvalue weighted by Crippen LogP contribution is -2.01. The van der Waals surface area contributed by atoms with Gasteiger partial charge in [-0.2, -0.15) is 5.26 Å². The van der Waals surface area contributed by atoms with E-state index < -0.39 is 6.10 Å². The average Bonchev–Trinajstić information content (AvgIpc) is 3.15. The Hall–Kier alpha value is -2.52. The molecular formula is C20H16N2OS2. The summed E-state index contributed by atoms with van der Waals surface area (Å²) in [6.07, 6.45) is -0.743. The molecule has 0 amide bonds. The zero-order valence-corrected chi connectivity index (χ0v) is 14.9. The van der Waals surface area contributed by atoms with Crippen LogP contribution >= 0.6 is 23.1 Å². The Morgan fingerprint density at radius 2 is 1.80 bits per heavy atom. The summed E-state index contributed by atoms with van der Waals surface area (Å²) in [5, 5.41) is 22.6. The highest BCUT2D eigenvalue weighted by Gasteiger charge is 2.14. The molecule has 124 valence electrons. The number of nitrogens with two attached hydrogens (primary N) is 1. The molecule has 2 aromatic carbocycles. The van der Waals surface area contributed by atoms with Crippen LogP contribution in [0.15, 0.2) is 81.3 Å². The SMILES string of the molecule is N#C/C(=C(/N)Sc1cccs1)c1cccc(C(O)c2ccccc2)c1. The molecule has 0 aliphatic heterocycles. The van der Waals surface area contributed by atoms with Gasteiger partial charge in [0.05, 0.1) is 14.8 Å². The highest BCUT2D eigenvalue weighted by atomic mass is 32.2. The van der Waals surface area contributed by atoms with Gasteiger partial charge in [-0.3, -0.25) is 0 Å². The van der Waals surface area contributed by atoms with Gasteiger partial charge in [-0.05, 0) is 34.2 Å². The van der Waals surface area contributed by atoms with Crippen LogP contribution in [0, 0.1) is 11.3 Å². The van der Waals surface area contributed by atoms with Gasteiger partial charge >= 0.3 is 0 Å².